The van der Waals surface area contributed by atoms with E-state index in [1.807, 2.05) is 0 Å². The standard InChI is InChI=1S/C19H32O4S/c1-12-3-5-16-15(12)7-8-18-17(16)6-4-13-11-14(23-24(20,21)22)9-10-19(13,18)2/h12-18H,3-11H2,1-2H3,(H,20,21,22)/t12-,13-,14-,15-,16-,17+,18+,19+/m1/s1. The second kappa shape index (κ2) is 5.95. The molecular weight excluding hydrogens is 324 g/mol. The molecule has 0 aliphatic heterocycles. The Morgan fingerprint density at radius 1 is 0.958 bits per heavy atom. The van der Waals surface area contributed by atoms with Crippen molar-refractivity contribution in [3.05, 3.63) is 0 Å². The second-order valence-electron chi connectivity index (χ2n) is 9.43. The van der Waals surface area contributed by atoms with E-state index in [2.05, 4.69) is 13.8 Å². The predicted octanol–water partition coefficient (Wildman–Crippen LogP) is 4.46. The van der Waals surface area contributed by atoms with Gasteiger partial charge in [0.15, 0.2) is 0 Å². The Bertz CT molecular complexity index is 588. The molecule has 8 atom stereocenters. The Morgan fingerprint density at radius 3 is 2.42 bits per heavy atom. The summed E-state index contributed by atoms with van der Waals surface area (Å²) >= 11 is 0. The van der Waals surface area contributed by atoms with Crippen LogP contribution in [0.15, 0.2) is 0 Å². The average molecular weight is 357 g/mol. The monoisotopic (exact) mass is 356 g/mol. The van der Waals surface area contributed by atoms with E-state index < -0.39 is 10.4 Å². The highest BCUT2D eigenvalue weighted by Gasteiger charge is 2.56. The summed E-state index contributed by atoms with van der Waals surface area (Å²) in [5, 5.41) is 0. The zero-order valence-electron chi connectivity index (χ0n) is 15.0. The molecule has 4 saturated carbocycles. The fraction of sp³-hybridized carbons (Fsp3) is 1.00. The van der Waals surface area contributed by atoms with Crippen LogP contribution >= 0.6 is 0 Å². The van der Waals surface area contributed by atoms with Crippen LogP contribution in [-0.4, -0.2) is 19.1 Å². The minimum Gasteiger partial charge on any atom is -0.264 e. The Labute approximate surface area is 146 Å². The number of fused-ring (bicyclic) bond motifs is 5. The van der Waals surface area contributed by atoms with E-state index in [0.717, 1.165) is 48.9 Å². The van der Waals surface area contributed by atoms with E-state index >= 15 is 0 Å². The van der Waals surface area contributed by atoms with Gasteiger partial charge in [-0.15, -0.1) is 0 Å². The molecule has 4 nitrogen and oxygen atoms in total. The van der Waals surface area contributed by atoms with E-state index in [0.29, 0.717) is 11.3 Å². The Kier molecular flexibility index (Phi) is 4.29. The Hall–Kier alpha value is -0.130. The maximum Gasteiger partial charge on any atom is 0.397 e. The van der Waals surface area contributed by atoms with Gasteiger partial charge in [0.2, 0.25) is 0 Å². The molecule has 24 heavy (non-hydrogen) atoms. The van der Waals surface area contributed by atoms with Crippen molar-refractivity contribution in [1.29, 1.82) is 0 Å². The van der Waals surface area contributed by atoms with Gasteiger partial charge in [0.25, 0.3) is 0 Å². The molecule has 0 aromatic rings. The molecule has 5 heteroatoms. The van der Waals surface area contributed by atoms with Crippen LogP contribution in [0.5, 0.6) is 0 Å². The number of hydrogen-bond acceptors (Lipinski definition) is 3. The van der Waals surface area contributed by atoms with Crippen LogP contribution in [0.2, 0.25) is 0 Å². The van der Waals surface area contributed by atoms with E-state index in [-0.39, 0.29) is 6.10 Å². The summed E-state index contributed by atoms with van der Waals surface area (Å²) < 4.78 is 36.0. The minimum atomic E-state index is -4.32. The van der Waals surface area contributed by atoms with Gasteiger partial charge in [-0.1, -0.05) is 20.3 Å². The van der Waals surface area contributed by atoms with E-state index in [1.54, 1.807) is 0 Å². The van der Waals surface area contributed by atoms with E-state index in [9.17, 15) is 8.42 Å². The molecule has 1 N–H and O–H groups in total. The zero-order chi connectivity index (χ0) is 17.1. The molecule has 0 radical (unpaired) electrons. The van der Waals surface area contributed by atoms with Crippen LogP contribution in [0.1, 0.15) is 71.6 Å². The largest absolute Gasteiger partial charge is 0.397 e. The fourth-order valence-corrected chi connectivity index (χ4v) is 7.94. The summed E-state index contributed by atoms with van der Waals surface area (Å²) in [4.78, 5) is 0. The Balaban J connectivity index is 1.50. The summed E-state index contributed by atoms with van der Waals surface area (Å²) in [7, 11) is -4.32. The van der Waals surface area contributed by atoms with Gasteiger partial charge in [0, 0.05) is 0 Å². The lowest BCUT2D eigenvalue weighted by Crippen LogP contribution is -2.52. The van der Waals surface area contributed by atoms with Crippen LogP contribution in [0, 0.1) is 40.9 Å². The van der Waals surface area contributed by atoms with Gasteiger partial charge in [-0.2, -0.15) is 8.42 Å². The molecule has 0 spiro atoms. The first-order valence-corrected chi connectivity index (χ1v) is 11.3. The van der Waals surface area contributed by atoms with Crippen LogP contribution < -0.4 is 0 Å². The molecule has 0 saturated heterocycles. The lowest BCUT2D eigenvalue weighted by atomic mass is 9.47. The third-order valence-corrected chi connectivity index (χ3v) is 9.07. The number of rotatable bonds is 2. The van der Waals surface area contributed by atoms with Gasteiger partial charge >= 0.3 is 10.4 Å². The topological polar surface area (TPSA) is 63.6 Å². The molecule has 0 unspecified atom stereocenters. The highest BCUT2D eigenvalue weighted by Crippen LogP contribution is 2.63. The van der Waals surface area contributed by atoms with Crippen LogP contribution in [-0.2, 0) is 14.6 Å². The zero-order valence-corrected chi connectivity index (χ0v) is 15.8. The van der Waals surface area contributed by atoms with Crippen molar-refractivity contribution in [2.24, 2.45) is 40.9 Å². The quantitative estimate of drug-likeness (QED) is 0.742. The van der Waals surface area contributed by atoms with Crippen molar-refractivity contribution >= 4 is 10.4 Å². The first-order valence-electron chi connectivity index (χ1n) is 9.93. The first-order chi connectivity index (χ1) is 11.3. The number of hydrogen-bond donors (Lipinski definition) is 1. The van der Waals surface area contributed by atoms with Gasteiger partial charge in [-0.05, 0) is 92.3 Å². The average Bonchev–Trinajstić information content (AvgIpc) is 2.88. The first kappa shape index (κ1) is 17.3. The van der Waals surface area contributed by atoms with Gasteiger partial charge in [0.05, 0.1) is 6.10 Å². The van der Waals surface area contributed by atoms with Crippen LogP contribution in [0.4, 0.5) is 0 Å². The lowest BCUT2D eigenvalue weighted by molar-refractivity contribution is -0.105. The molecular formula is C19H32O4S. The maximum atomic E-state index is 11.1. The van der Waals surface area contributed by atoms with E-state index in [1.165, 1.54) is 38.5 Å². The smallest absolute Gasteiger partial charge is 0.264 e. The molecule has 0 heterocycles. The predicted molar refractivity (Wildman–Crippen MR) is 92.7 cm³/mol. The third kappa shape index (κ3) is 2.84. The molecule has 4 rings (SSSR count). The molecule has 0 aromatic heterocycles. The van der Waals surface area contributed by atoms with Crippen molar-refractivity contribution in [3.63, 3.8) is 0 Å². The molecule has 4 aliphatic carbocycles. The van der Waals surface area contributed by atoms with Crippen LogP contribution in [0.3, 0.4) is 0 Å². The van der Waals surface area contributed by atoms with Crippen molar-refractivity contribution in [2.75, 3.05) is 0 Å². The van der Waals surface area contributed by atoms with Crippen molar-refractivity contribution in [1.82, 2.24) is 0 Å². The van der Waals surface area contributed by atoms with Gasteiger partial charge in [-0.25, -0.2) is 4.18 Å². The normalized spacial score (nSPS) is 51.5. The summed E-state index contributed by atoms with van der Waals surface area (Å²) in [6.07, 6.45) is 10.4. The molecule has 138 valence electrons. The van der Waals surface area contributed by atoms with Gasteiger partial charge in [0.1, 0.15) is 0 Å². The Morgan fingerprint density at radius 2 is 1.67 bits per heavy atom. The highest BCUT2D eigenvalue weighted by molar-refractivity contribution is 7.80. The molecule has 0 amide bonds. The molecule has 4 fully saturated rings. The summed E-state index contributed by atoms with van der Waals surface area (Å²) in [6, 6.07) is 0. The molecule has 4 aliphatic rings. The maximum absolute atomic E-state index is 11.1. The third-order valence-electron chi connectivity index (χ3n) is 8.55. The second-order valence-corrected chi connectivity index (χ2v) is 10.5. The summed E-state index contributed by atoms with van der Waals surface area (Å²) in [5.41, 5.74) is 0.346. The fourth-order valence-electron chi connectivity index (χ4n) is 7.42. The molecule has 0 aromatic carbocycles. The lowest BCUT2D eigenvalue weighted by Gasteiger charge is -2.59. The van der Waals surface area contributed by atoms with Crippen molar-refractivity contribution in [3.8, 4) is 0 Å². The van der Waals surface area contributed by atoms with Gasteiger partial charge < -0.3 is 0 Å². The molecule has 0 bridgehead atoms. The van der Waals surface area contributed by atoms with Crippen LogP contribution in [0.25, 0.3) is 0 Å². The van der Waals surface area contributed by atoms with Gasteiger partial charge in [-0.3, -0.25) is 4.55 Å². The summed E-state index contributed by atoms with van der Waals surface area (Å²) in [6.45, 7) is 4.92. The highest BCUT2D eigenvalue weighted by atomic mass is 32.3. The summed E-state index contributed by atoms with van der Waals surface area (Å²) in [5.74, 6) is 5.09. The minimum absolute atomic E-state index is 0.322. The van der Waals surface area contributed by atoms with Crippen molar-refractivity contribution < 1.29 is 17.2 Å². The van der Waals surface area contributed by atoms with Crippen molar-refractivity contribution in [2.45, 2.75) is 77.7 Å². The van der Waals surface area contributed by atoms with E-state index in [4.69, 9.17) is 8.74 Å². The SMILES string of the molecule is C[C@@H]1CC[C@@H]2[C@@H]1CC[C@H]1[C@H]2CC[C@@H]2C[C@H](OS(=O)(=O)O)CC[C@@]21C.